The van der Waals surface area contributed by atoms with Gasteiger partial charge < -0.3 is 15.2 Å². The zero-order chi connectivity index (χ0) is 13.1. The number of nitrogens with zero attached hydrogens (tertiary/aromatic N) is 1. The molecule has 104 valence electrons. The van der Waals surface area contributed by atoms with Crippen molar-refractivity contribution in [2.24, 2.45) is 5.73 Å². The van der Waals surface area contributed by atoms with Gasteiger partial charge in [-0.3, -0.25) is 4.90 Å². The Morgan fingerprint density at radius 2 is 1.84 bits per heavy atom. The van der Waals surface area contributed by atoms with Crippen LogP contribution in [-0.2, 0) is 11.3 Å². The van der Waals surface area contributed by atoms with Crippen LogP contribution >= 0.6 is 0 Å². The lowest BCUT2D eigenvalue weighted by Gasteiger charge is -2.31. The summed E-state index contributed by atoms with van der Waals surface area (Å²) >= 11 is 0. The smallest absolute Gasteiger partial charge is 0.119 e. The van der Waals surface area contributed by atoms with Gasteiger partial charge in [0.1, 0.15) is 12.4 Å². The number of morpholine rings is 1. The van der Waals surface area contributed by atoms with Gasteiger partial charge in [0.2, 0.25) is 0 Å². The summed E-state index contributed by atoms with van der Waals surface area (Å²) in [6.45, 7) is 4.42. The second kappa shape index (κ2) is 5.90. The maximum atomic E-state index is 5.82. The van der Waals surface area contributed by atoms with Crippen molar-refractivity contribution in [2.75, 3.05) is 26.2 Å². The van der Waals surface area contributed by atoms with Crippen LogP contribution in [0, 0.1) is 0 Å². The first-order valence-corrected chi connectivity index (χ1v) is 7.13. The Morgan fingerprint density at radius 3 is 2.47 bits per heavy atom. The number of ether oxygens (including phenoxy) is 2. The van der Waals surface area contributed by atoms with Crippen molar-refractivity contribution < 1.29 is 9.47 Å². The molecule has 2 heterocycles. The van der Waals surface area contributed by atoms with Crippen LogP contribution in [0.2, 0.25) is 0 Å². The first-order chi connectivity index (χ1) is 9.33. The summed E-state index contributed by atoms with van der Waals surface area (Å²) in [6, 6.07) is 8.02. The monoisotopic (exact) mass is 262 g/mol. The summed E-state index contributed by atoms with van der Waals surface area (Å²) < 4.78 is 11.6. The molecule has 3 rings (SSSR count). The summed E-state index contributed by atoms with van der Waals surface area (Å²) in [4.78, 5) is 2.46. The van der Waals surface area contributed by atoms with Crippen LogP contribution in [0.15, 0.2) is 24.3 Å². The molecule has 4 nitrogen and oxygen atoms in total. The van der Waals surface area contributed by atoms with Crippen LogP contribution in [0.25, 0.3) is 0 Å². The summed E-state index contributed by atoms with van der Waals surface area (Å²) in [6.07, 6.45) is 3.37. The predicted molar refractivity (Wildman–Crippen MR) is 74.2 cm³/mol. The van der Waals surface area contributed by atoms with Crippen molar-refractivity contribution in [3.8, 4) is 5.75 Å². The van der Waals surface area contributed by atoms with E-state index in [1.807, 2.05) is 24.3 Å². The van der Waals surface area contributed by atoms with E-state index in [-0.39, 0.29) is 0 Å². The fourth-order valence-electron chi connectivity index (χ4n) is 2.90. The van der Waals surface area contributed by atoms with Crippen LogP contribution in [0.3, 0.4) is 0 Å². The third-order valence-electron chi connectivity index (χ3n) is 3.95. The minimum Gasteiger partial charge on any atom is -0.492 e. The second-order valence-electron chi connectivity index (χ2n) is 5.41. The number of likely N-dealkylation sites (tertiary alicyclic amines) is 1. The maximum Gasteiger partial charge on any atom is 0.119 e. The molecule has 2 unspecified atom stereocenters. The highest BCUT2D eigenvalue weighted by Crippen LogP contribution is 2.25. The van der Waals surface area contributed by atoms with Gasteiger partial charge in [0.15, 0.2) is 0 Å². The molecule has 4 heteroatoms. The van der Waals surface area contributed by atoms with Gasteiger partial charge in [0, 0.05) is 26.2 Å². The Bertz CT molecular complexity index is 395. The highest BCUT2D eigenvalue weighted by atomic mass is 16.5. The molecular weight excluding hydrogens is 240 g/mol. The number of fused-ring (bicyclic) bond motifs is 2. The molecule has 2 fully saturated rings. The fourth-order valence-corrected chi connectivity index (χ4v) is 2.90. The Hall–Kier alpha value is -1.10. The number of hydrogen-bond donors (Lipinski definition) is 1. The molecule has 2 N–H and O–H groups in total. The van der Waals surface area contributed by atoms with Crippen molar-refractivity contribution in [3.63, 3.8) is 0 Å². The number of rotatable bonds is 5. The van der Waals surface area contributed by atoms with E-state index in [9.17, 15) is 0 Å². The van der Waals surface area contributed by atoms with Gasteiger partial charge in [-0.1, -0.05) is 12.1 Å². The molecule has 2 atom stereocenters. The zero-order valence-electron chi connectivity index (χ0n) is 11.3. The molecule has 0 aromatic heterocycles. The molecular formula is C15H22N2O2. The largest absolute Gasteiger partial charge is 0.492 e. The molecule has 2 bridgehead atoms. The van der Waals surface area contributed by atoms with Crippen LogP contribution in [0.5, 0.6) is 5.75 Å². The van der Waals surface area contributed by atoms with Gasteiger partial charge >= 0.3 is 0 Å². The average Bonchev–Trinajstić information content (AvgIpc) is 2.79. The van der Waals surface area contributed by atoms with Gasteiger partial charge in [-0.15, -0.1) is 0 Å². The second-order valence-corrected chi connectivity index (χ2v) is 5.41. The van der Waals surface area contributed by atoms with Crippen LogP contribution in [-0.4, -0.2) is 43.3 Å². The SMILES string of the molecule is NCc1ccc(OCCN2CC3CCC(C2)O3)cc1. The van der Waals surface area contributed by atoms with Crippen LogP contribution in [0.1, 0.15) is 18.4 Å². The Labute approximate surface area is 114 Å². The lowest BCUT2D eigenvalue weighted by atomic mass is 10.2. The minimum atomic E-state index is 0.461. The van der Waals surface area contributed by atoms with E-state index in [1.165, 1.54) is 12.8 Å². The molecule has 1 aromatic carbocycles. The summed E-state index contributed by atoms with van der Waals surface area (Å²) in [5.74, 6) is 0.924. The Morgan fingerprint density at radius 1 is 1.16 bits per heavy atom. The standard InChI is InChI=1S/C15H22N2O2/c16-9-12-1-3-13(4-2-12)18-8-7-17-10-14-5-6-15(11-17)19-14/h1-4,14-15H,5-11,16H2. The molecule has 0 saturated carbocycles. The molecule has 0 aliphatic carbocycles. The summed E-state index contributed by atoms with van der Waals surface area (Å²) in [7, 11) is 0. The van der Waals surface area contributed by atoms with Crippen LogP contribution < -0.4 is 10.5 Å². The van der Waals surface area contributed by atoms with Gasteiger partial charge in [0.25, 0.3) is 0 Å². The number of benzene rings is 1. The third-order valence-corrected chi connectivity index (χ3v) is 3.95. The Kier molecular flexibility index (Phi) is 4.01. The minimum absolute atomic E-state index is 0.461. The van der Waals surface area contributed by atoms with Crippen molar-refractivity contribution in [2.45, 2.75) is 31.6 Å². The van der Waals surface area contributed by atoms with Gasteiger partial charge in [-0.2, -0.15) is 0 Å². The topological polar surface area (TPSA) is 47.7 Å². The average molecular weight is 262 g/mol. The van der Waals surface area contributed by atoms with E-state index in [0.29, 0.717) is 18.8 Å². The summed E-state index contributed by atoms with van der Waals surface area (Å²) in [5.41, 5.74) is 6.71. The van der Waals surface area contributed by atoms with Gasteiger partial charge in [-0.25, -0.2) is 0 Å². The molecule has 19 heavy (non-hydrogen) atoms. The zero-order valence-corrected chi connectivity index (χ0v) is 11.3. The molecule has 2 saturated heterocycles. The van der Waals surface area contributed by atoms with Gasteiger partial charge in [-0.05, 0) is 30.5 Å². The highest BCUT2D eigenvalue weighted by molar-refractivity contribution is 5.27. The first-order valence-electron chi connectivity index (χ1n) is 7.13. The lowest BCUT2D eigenvalue weighted by molar-refractivity contribution is -0.0408. The number of nitrogens with two attached hydrogens (primary N) is 1. The van der Waals surface area contributed by atoms with Crippen molar-refractivity contribution in [1.29, 1.82) is 0 Å². The van der Waals surface area contributed by atoms with Crippen LogP contribution in [0.4, 0.5) is 0 Å². The van der Waals surface area contributed by atoms with E-state index in [0.717, 1.165) is 37.6 Å². The van der Waals surface area contributed by atoms with E-state index in [1.54, 1.807) is 0 Å². The lowest BCUT2D eigenvalue weighted by Crippen LogP contribution is -2.44. The Balaban J connectivity index is 1.42. The molecule has 1 aromatic rings. The normalized spacial score (nSPS) is 26.6. The molecule has 0 spiro atoms. The van der Waals surface area contributed by atoms with E-state index < -0.39 is 0 Å². The van der Waals surface area contributed by atoms with Crippen molar-refractivity contribution in [3.05, 3.63) is 29.8 Å². The molecule has 0 radical (unpaired) electrons. The van der Waals surface area contributed by atoms with Crippen molar-refractivity contribution >= 4 is 0 Å². The van der Waals surface area contributed by atoms with E-state index in [2.05, 4.69) is 4.90 Å². The van der Waals surface area contributed by atoms with Crippen molar-refractivity contribution in [1.82, 2.24) is 4.90 Å². The van der Waals surface area contributed by atoms with Gasteiger partial charge in [0.05, 0.1) is 12.2 Å². The first kappa shape index (κ1) is 12.9. The molecule has 0 amide bonds. The highest BCUT2D eigenvalue weighted by Gasteiger charge is 2.33. The quantitative estimate of drug-likeness (QED) is 0.871. The number of hydrogen-bond acceptors (Lipinski definition) is 4. The van der Waals surface area contributed by atoms with E-state index in [4.69, 9.17) is 15.2 Å². The van der Waals surface area contributed by atoms with E-state index >= 15 is 0 Å². The summed E-state index contributed by atoms with van der Waals surface area (Å²) in [5, 5.41) is 0. The molecule has 2 aliphatic rings. The maximum absolute atomic E-state index is 5.82. The third kappa shape index (κ3) is 3.26. The predicted octanol–water partition coefficient (Wildman–Crippen LogP) is 1.39. The fraction of sp³-hybridized carbons (Fsp3) is 0.600. The molecule has 2 aliphatic heterocycles.